The molecule has 1 fully saturated rings. The summed E-state index contributed by atoms with van der Waals surface area (Å²) >= 11 is 0. The molecule has 0 aromatic heterocycles. The summed E-state index contributed by atoms with van der Waals surface area (Å²) in [6, 6.07) is 3.05. The van der Waals surface area contributed by atoms with Gasteiger partial charge < -0.3 is 15.2 Å². The Morgan fingerprint density at radius 1 is 1.30 bits per heavy atom. The molecule has 0 unspecified atom stereocenters. The molecule has 0 heterocycles. The Hall–Kier alpha value is -1.34. The van der Waals surface area contributed by atoms with Crippen LogP contribution in [0.3, 0.4) is 0 Å². The van der Waals surface area contributed by atoms with Crippen LogP contribution in [0.5, 0.6) is 5.75 Å². The number of ether oxygens (including phenoxy) is 1. The zero-order valence-electron chi connectivity index (χ0n) is 10.6. The van der Waals surface area contributed by atoms with Gasteiger partial charge in [-0.1, -0.05) is 6.07 Å². The molecule has 0 atom stereocenters. The lowest BCUT2D eigenvalue weighted by Gasteiger charge is -2.16. The summed E-state index contributed by atoms with van der Waals surface area (Å²) in [4.78, 5) is 0. The fraction of sp³-hybridized carbons (Fsp3) is 0.538. The van der Waals surface area contributed by atoms with Crippen molar-refractivity contribution in [3.05, 3.63) is 29.6 Å². The second kappa shape index (κ2) is 5.57. The van der Waals surface area contributed by atoms with E-state index in [-0.39, 0.29) is 24.1 Å². The Labute approximate surface area is 113 Å². The number of aliphatic hydroxyl groups is 1. The molecule has 20 heavy (non-hydrogen) atoms. The molecule has 1 aliphatic carbocycles. The Morgan fingerprint density at radius 2 is 2.00 bits per heavy atom. The molecule has 1 saturated carbocycles. The smallest absolute Gasteiger partial charge is 0.405 e. The minimum atomic E-state index is -4.86. The molecule has 2 N–H and O–H groups in total. The molecule has 1 aliphatic rings. The number of benzene rings is 1. The molecule has 0 aliphatic heterocycles. The summed E-state index contributed by atoms with van der Waals surface area (Å²) < 4.78 is 53.5. The highest BCUT2D eigenvalue weighted by molar-refractivity contribution is 5.34. The normalized spacial score (nSPS) is 17.1. The van der Waals surface area contributed by atoms with E-state index in [1.165, 1.54) is 6.07 Å². The van der Waals surface area contributed by atoms with Gasteiger partial charge in [0.05, 0.1) is 0 Å². The molecule has 0 radical (unpaired) electrons. The van der Waals surface area contributed by atoms with Crippen LogP contribution in [-0.4, -0.2) is 24.6 Å². The second-order valence-electron chi connectivity index (χ2n) is 5.06. The van der Waals surface area contributed by atoms with E-state index < -0.39 is 17.9 Å². The van der Waals surface area contributed by atoms with E-state index in [9.17, 15) is 17.6 Å². The minimum Gasteiger partial charge on any atom is -0.405 e. The Balaban J connectivity index is 1.99. The molecule has 0 bridgehead atoms. The third kappa shape index (κ3) is 4.08. The largest absolute Gasteiger partial charge is 0.573 e. The van der Waals surface area contributed by atoms with Gasteiger partial charge in [0.25, 0.3) is 0 Å². The number of alkyl halides is 3. The molecular formula is C13H15F4NO2. The standard InChI is InChI=1S/C13H15F4NO2/c14-10-2-1-9(11(5-10)20-13(15,16)17)6-18-7-12(8-19)3-4-12/h1-2,5,18-19H,3-4,6-8H2. The van der Waals surface area contributed by atoms with Crippen molar-refractivity contribution in [2.45, 2.75) is 25.7 Å². The van der Waals surface area contributed by atoms with E-state index >= 15 is 0 Å². The molecule has 1 aromatic rings. The van der Waals surface area contributed by atoms with Crippen molar-refractivity contribution >= 4 is 0 Å². The second-order valence-corrected chi connectivity index (χ2v) is 5.06. The average Bonchev–Trinajstić information content (AvgIpc) is 3.11. The third-order valence-corrected chi connectivity index (χ3v) is 3.36. The van der Waals surface area contributed by atoms with Gasteiger partial charge in [0.2, 0.25) is 0 Å². The first-order valence-corrected chi connectivity index (χ1v) is 6.19. The SMILES string of the molecule is OCC1(CNCc2ccc(F)cc2OC(F)(F)F)CC1. The summed E-state index contributed by atoms with van der Waals surface area (Å²) in [5, 5.41) is 12.1. The number of aliphatic hydroxyl groups excluding tert-OH is 1. The van der Waals surface area contributed by atoms with Crippen molar-refractivity contribution in [1.82, 2.24) is 5.32 Å². The van der Waals surface area contributed by atoms with E-state index in [0.717, 1.165) is 18.9 Å². The zero-order valence-corrected chi connectivity index (χ0v) is 10.6. The highest BCUT2D eigenvalue weighted by Crippen LogP contribution is 2.44. The van der Waals surface area contributed by atoms with Gasteiger partial charge in [0, 0.05) is 36.7 Å². The van der Waals surface area contributed by atoms with Crippen LogP contribution >= 0.6 is 0 Å². The van der Waals surface area contributed by atoms with Crippen LogP contribution in [0.4, 0.5) is 17.6 Å². The van der Waals surface area contributed by atoms with E-state index in [1.54, 1.807) is 0 Å². The third-order valence-electron chi connectivity index (χ3n) is 3.36. The van der Waals surface area contributed by atoms with Crippen LogP contribution in [0, 0.1) is 11.2 Å². The first kappa shape index (κ1) is 15.1. The van der Waals surface area contributed by atoms with Crippen molar-refractivity contribution in [3.63, 3.8) is 0 Å². The Kier molecular flexibility index (Phi) is 4.19. The van der Waals surface area contributed by atoms with E-state index in [2.05, 4.69) is 10.1 Å². The number of halogens is 4. The van der Waals surface area contributed by atoms with Crippen molar-refractivity contribution in [1.29, 1.82) is 0 Å². The number of rotatable bonds is 6. The molecule has 7 heteroatoms. The molecular weight excluding hydrogens is 278 g/mol. The van der Waals surface area contributed by atoms with Gasteiger partial charge in [-0.2, -0.15) is 0 Å². The minimum absolute atomic E-state index is 0.0509. The lowest BCUT2D eigenvalue weighted by Crippen LogP contribution is -2.26. The van der Waals surface area contributed by atoms with Gasteiger partial charge in [-0.25, -0.2) is 4.39 Å². The zero-order chi connectivity index (χ0) is 14.8. The van der Waals surface area contributed by atoms with Crippen LogP contribution in [0.2, 0.25) is 0 Å². The Bertz CT molecular complexity index is 472. The summed E-state index contributed by atoms with van der Waals surface area (Å²) in [6.45, 7) is 0.676. The summed E-state index contributed by atoms with van der Waals surface area (Å²) in [7, 11) is 0. The van der Waals surface area contributed by atoms with Crippen LogP contribution in [0.25, 0.3) is 0 Å². The maximum Gasteiger partial charge on any atom is 0.573 e. The predicted molar refractivity (Wildman–Crippen MR) is 63.5 cm³/mol. The summed E-state index contributed by atoms with van der Waals surface area (Å²) in [5.74, 6) is -1.33. The molecule has 0 spiro atoms. The fourth-order valence-corrected chi connectivity index (χ4v) is 1.92. The highest BCUT2D eigenvalue weighted by atomic mass is 19.4. The molecule has 0 amide bonds. The molecule has 1 aromatic carbocycles. The molecule has 3 nitrogen and oxygen atoms in total. The lowest BCUT2D eigenvalue weighted by atomic mass is 10.1. The van der Waals surface area contributed by atoms with Gasteiger partial charge in [-0.05, 0) is 18.9 Å². The number of nitrogens with one attached hydrogen (secondary N) is 1. The highest BCUT2D eigenvalue weighted by Gasteiger charge is 2.41. The first-order chi connectivity index (χ1) is 9.34. The van der Waals surface area contributed by atoms with Crippen molar-refractivity contribution in [2.24, 2.45) is 5.41 Å². The summed E-state index contributed by atoms with van der Waals surface area (Å²) in [5.41, 5.74) is 0.0721. The molecule has 2 rings (SSSR count). The maximum absolute atomic E-state index is 13.0. The molecule has 112 valence electrons. The van der Waals surface area contributed by atoms with Crippen LogP contribution in [-0.2, 0) is 6.54 Å². The fourth-order valence-electron chi connectivity index (χ4n) is 1.92. The molecule has 0 saturated heterocycles. The van der Waals surface area contributed by atoms with E-state index in [0.29, 0.717) is 12.6 Å². The maximum atomic E-state index is 13.0. The van der Waals surface area contributed by atoms with Crippen LogP contribution in [0.15, 0.2) is 18.2 Å². The van der Waals surface area contributed by atoms with Gasteiger partial charge in [-0.15, -0.1) is 13.2 Å². The van der Waals surface area contributed by atoms with Crippen molar-refractivity contribution < 1.29 is 27.4 Å². The van der Waals surface area contributed by atoms with Gasteiger partial charge in [0.1, 0.15) is 11.6 Å². The van der Waals surface area contributed by atoms with Crippen LogP contribution < -0.4 is 10.1 Å². The van der Waals surface area contributed by atoms with Crippen LogP contribution in [0.1, 0.15) is 18.4 Å². The van der Waals surface area contributed by atoms with Crippen molar-refractivity contribution in [3.8, 4) is 5.75 Å². The monoisotopic (exact) mass is 293 g/mol. The first-order valence-electron chi connectivity index (χ1n) is 6.19. The predicted octanol–water partition coefficient (Wildman–Crippen LogP) is 2.59. The summed E-state index contributed by atoms with van der Waals surface area (Å²) in [6.07, 6.45) is -3.07. The van der Waals surface area contributed by atoms with Gasteiger partial charge in [0.15, 0.2) is 0 Å². The Morgan fingerprint density at radius 3 is 2.55 bits per heavy atom. The van der Waals surface area contributed by atoms with Gasteiger partial charge in [-0.3, -0.25) is 0 Å². The quantitative estimate of drug-likeness (QED) is 0.792. The van der Waals surface area contributed by atoms with Crippen molar-refractivity contribution in [2.75, 3.05) is 13.2 Å². The lowest BCUT2D eigenvalue weighted by molar-refractivity contribution is -0.275. The van der Waals surface area contributed by atoms with E-state index in [1.807, 2.05) is 0 Å². The van der Waals surface area contributed by atoms with E-state index in [4.69, 9.17) is 5.11 Å². The topological polar surface area (TPSA) is 41.5 Å². The van der Waals surface area contributed by atoms with Gasteiger partial charge >= 0.3 is 6.36 Å². The average molecular weight is 293 g/mol. The number of hydrogen-bond donors (Lipinski definition) is 2. The number of hydrogen-bond acceptors (Lipinski definition) is 3.